The van der Waals surface area contributed by atoms with Crippen LogP contribution >= 0.6 is 0 Å². The molecule has 0 amide bonds. The van der Waals surface area contributed by atoms with Gasteiger partial charge in [0.25, 0.3) is 5.97 Å². The second-order valence-corrected chi connectivity index (χ2v) is 3.16. The Hall–Kier alpha value is 0.118. The quantitative estimate of drug-likeness (QED) is 0.498. The van der Waals surface area contributed by atoms with Gasteiger partial charge in [-0.3, -0.25) is 17.6 Å². The van der Waals surface area contributed by atoms with E-state index in [1.165, 1.54) is 0 Å². The van der Waals surface area contributed by atoms with Crippen molar-refractivity contribution < 1.29 is 35.7 Å². The normalized spacial score (nSPS) is 45.0. The Labute approximate surface area is 85.7 Å². The summed E-state index contributed by atoms with van der Waals surface area (Å²) in [6.45, 7) is 1.91. The van der Waals surface area contributed by atoms with Crippen LogP contribution in [0.1, 0.15) is 6.92 Å². The van der Waals surface area contributed by atoms with Crippen LogP contribution in [0.25, 0.3) is 0 Å². The van der Waals surface area contributed by atoms with Gasteiger partial charge in [-0.2, -0.15) is 5.92 Å². The number of carbonyl (C=O) groups is 1. The molecule has 1 aliphatic carbocycles. The maximum Gasteiger partial charge on any atom is 2.00 e. The van der Waals surface area contributed by atoms with Gasteiger partial charge in [-0.1, -0.05) is 18.9 Å². The molecular weight excluding hydrogens is 328 g/mol. The van der Waals surface area contributed by atoms with Crippen LogP contribution in [0.15, 0.2) is 0 Å². The van der Waals surface area contributed by atoms with Gasteiger partial charge in [-0.15, -0.1) is 0 Å². The SMILES string of the molecule is CC1[CH-]C(O)C2[CH-]C1C(=O)O2.[W+2]. The number of aliphatic hydroxyl groups is 1. The van der Waals surface area contributed by atoms with E-state index in [0.717, 1.165) is 0 Å². The Kier molecular flexibility index (Phi) is 2.95. The molecule has 1 saturated heterocycles. The van der Waals surface area contributed by atoms with Gasteiger partial charge in [-0.25, -0.2) is 0 Å². The molecule has 0 aromatic rings. The van der Waals surface area contributed by atoms with Crippen molar-refractivity contribution in [2.75, 3.05) is 0 Å². The van der Waals surface area contributed by atoms with Gasteiger partial charge in [-0.05, 0) is 6.10 Å². The molecule has 2 aliphatic rings. The molecule has 1 aliphatic heterocycles. The standard InChI is InChI=1S/C8H10O3.W/c1-4-2-6(9)7-3-5(4)8(10)11-7;/h2-7,9H,1H3;/q-2;+2. The first-order valence-corrected chi connectivity index (χ1v) is 3.77. The number of esters is 1. The van der Waals surface area contributed by atoms with Gasteiger partial charge in [0.15, 0.2) is 0 Å². The molecule has 4 heteroatoms. The number of ether oxygens (including phenoxy) is 1. The van der Waals surface area contributed by atoms with Crippen molar-refractivity contribution in [3.63, 3.8) is 0 Å². The second kappa shape index (κ2) is 3.47. The minimum absolute atomic E-state index is 0. The van der Waals surface area contributed by atoms with Crippen molar-refractivity contribution in [1.82, 2.24) is 0 Å². The molecule has 4 unspecified atom stereocenters. The molecule has 1 N–H and O–H groups in total. The summed E-state index contributed by atoms with van der Waals surface area (Å²) in [6, 6.07) is 0. The van der Waals surface area contributed by atoms with E-state index in [2.05, 4.69) is 0 Å². The first-order chi connectivity index (χ1) is 5.18. The zero-order valence-electron chi connectivity index (χ0n) is 6.64. The largest absolute Gasteiger partial charge is 2.00 e. The molecule has 0 spiro atoms. The van der Waals surface area contributed by atoms with E-state index in [1.54, 1.807) is 12.8 Å². The van der Waals surface area contributed by atoms with Gasteiger partial charge < -0.3 is 9.84 Å². The number of carbonyl (C=O) groups excluding carboxylic acids is 1. The van der Waals surface area contributed by atoms with Crippen molar-refractivity contribution in [3.05, 3.63) is 12.8 Å². The summed E-state index contributed by atoms with van der Waals surface area (Å²) in [4.78, 5) is 11.0. The van der Waals surface area contributed by atoms with E-state index in [0.29, 0.717) is 0 Å². The Morgan fingerprint density at radius 3 is 2.83 bits per heavy atom. The van der Waals surface area contributed by atoms with E-state index < -0.39 is 6.10 Å². The van der Waals surface area contributed by atoms with Gasteiger partial charge in [0.2, 0.25) is 0 Å². The van der Waals surface area contributed by atoms with Crippen LogP contribution in [0.3, 0.4) is 0 Å². The Morgan fingerprint density at radius 1 is 1.50 bits per heavy atom. The maximum absolute atomic E-state index is 11.0. The zero-order valence-corrected chi connectivity index (χ0v) is 9.57. The van der Waals surface area contributed by atoms with Gasteiger partial charge in [0, 0.05) is 0 Å². The minimum atomic E-state index is -0.604. The van der Waals surface area contributed by atoms with Crippen LogP contribution in [0.2, 0.25) is 0 Å². The van der Waals surface area contributed by atoms with Crippen LogP contribution in [-0.4, -0.2) is 23.3 Å². The van der Waals surface area contributed by atoms with Crippen LogP contribution < -0.4 is 0 Å². The third-order valence-corrected chi connectivity index (χ3v) is 2.33. The van der Waals surface area contributed by atoms with Crippen LogP contribution in [0.4, 0.5) is 0 Å². The molecule has 1 saturated carbocycles. The van der Waals surface area contributed by atoms with Gasteiger partial charge in [0.1, 0.15) is 0 Å². The predicted octanol–water partition coefficient (Wildman–Crippen LogP) is -0.0553. The predicted molar refractivity (Wildman–Crippen MR) is 37.1 cm³/mol. The van der Waals surface area contributed by atoms with Crippen molar-refractivity contribution in [2.45, 2.75) is 19.1 Å². The Morgan fingerprint density at radius 2 is 2.17 bits per heavy atom. The molecular formula is C8H10O3W. The molecule has 12 heavy (non-hydrogen) atoms. The van der Waals surface area contributed by atoms with E-state index >= 15 is 0 Å². The van der Waals surface area contributed by atoms with Crippen molar-refractivity contribution in [1.29, 1.82) is 0 Å². The summed E-state index contributed by atoms with van der Waals surface area (Å²) in [5.74, 6) is -0.213. The van der Waals surface area contributed by atoms with Gasteiger partial charge in [0.05, 0.1) is 0 Å². The number of hydrogen-bond acceptors (Lipinski definition) is 3. The van der Waals surface area contributed by atoms with Gasteiger partial charge >= 0.3 is 21.1 Å². The molecule has 2 fully saturated rings. The molecule has 0 aromatic carbocycles. The summed E-state index contributed by atoms with van der Waals surface area (Å²) in [5, 5.41) is 9.32. The summed E-state index contributed by atoms with van der Waals surface area (Å²) in [7, 11) is 0. The van der Waals surface area contributed by atoms with Crippen LogP contribution in [0.5, 0.6) is 0 Å². The molecule has 0 aromatic heterocycles. The molecule has 2 rings (SSSR count). The maximum atomic E-state index is 11.0. The molecule has 1 heterocycles. The van der Waals surface area contributed by atoms with Crippen molar-refractivity contribution in [2.24, 2.45) is 11.8 Å². The fourth-order valence-electron chi connectivity index (χ4n) is 1.65. The smallest absolute Gasteiger partial charge is 0.497 e. The van der Waals surface area contributed by atoms with Crippen LogP contribution in [0, 0.1) is 24.7 Å². The third kappa shape index (κ3) is 1.45. The van der Waals surface area contributed by atoms with E-state index in [-0.39, 0.29) is 45.0 Å². The zero-order chi connectivity index (χ0) is 8.01. The second-order valence-electron chi connectivity index (χ2n) is 3.16. The summed E-state index contributed by atoms with van der Waals surface area (Å²) in [5.41, 5.74) is 0. The molecule has 66 valence electrons. The first-order valence-electron chi connectivity index (χ1n) is 3.77. The summed E-state index contributed by atoms with van der Waals surface area (Å²) < 4.78 is 4.89. The summed E-state index contributed by atoms with van der Waals surface area (Å²) in [6.07, 6.45) is 2.56. The summed E-state index contributed by atoms with van der Waals surface area (Å²) >= 11 is 0. The Bertz CT molecular complexity index is 195. The van der Waals surface area contributed by atoms with E-state index in [4.69, 9.17) is 4.74 Å². The monoisotopic (exact) mass is 338 g/mol. The number of rotatable bonds is 0. The fourth-order valence-corrected chi connectivity index (χ4v) is 1.65. The number of hydrogen-bond donors (Lipinski definition) is 1. The number of fused-ring (bicyclic) bond motifs is 2. The molecule has 0 radical (unpaired) electrons. The average molecular weight is 338 g/mol. The van der Waals surface area contributed by atoms with E-state index in [9.17, 15) is 9.90 Å². The Balaban J connectivity index is 0.000000720. The van der Waals surface area contributed by atoms with Crippen LogP contribution in [-0.2, 0) is 30.6 Å². The molecule has 4 atom stereocenters. The van der Waals surface area contributed by atoms with Crippen molar-refractivity contribution in [3.8, 4) is 0 Å². The molecule has 2 bridgehead atoms. The fraction of sp³-hybridized carbons (Fsp3) is 0.625. The van der Waals surface area contributed by atoms with E-state index in [1.807, 2.05) is 6.92 Å². The average Bonchev–Trinajstić information content (AvgIpc) is 2.26. The van der Waals surface area contributed by atoms with Crippen molar-refractivity contribution >= 4 is 5.97 Å². The number of aliphatic hydroxyl groups excluding tert-OH is 1. The third-order valence-electron chi connectivity index (χ3n) is 2.33. The minimum Gasteiger partial charge on any atom is -0.497 e. The first kappa shape index (κ1) is 10.2. The topological polar surface area (TPSA) is 46.5 Å². The molecule has 3 nitrogen and oxygen atoms in total.